The smallest absolute Gasteiger partial charge is 0.283 e. The van der Waals surface area contributed by atoms with E-state index in [-0.39, 0.29) is 28.4 Å². The van der Waals surface area contributed by atoms with Crippen LogP contribution in [-0.2, 0) is 5.41 Å². The third-order valence-corrected chi connectivity index (χ3v) is 5.15. The van der Waals surface area contributed by atoms with Gasteiger partial charge < -0.3 is 9.72 Å². The van der Waals surface area contributed by atoms with Gasteiger partial charge in [-0.05, 0) is 13.8 Å². The largest absolute Gasteiger partial charge is 0.476 e. The molecule has 0 amide bonds. The Morgan fingerprint density at radius 1 is 1.21 bits per heavy atom. The molecule has 3 heterocycles. The molecule has 0 aliphatic heterocycles. The first-order valence-electron chi connectivity index (χ1n) is 10.5. The van der Waals surface area contributed by atoms with Gasteiger partial charge in [-0.25, -0.2) is 0 Å². The maximum absolute atomic E-state index is 12.9. The zero-order chi connectivity index (χ0) is 23.8. The van der Waals surface area contributed by atoms with Gasteiger partial charge in [-0.15, -0.1) is 10.2 Å². The molecule has 0 saturated heterocycles. The second-order valence-corrected chi connectivity index (χ2v) is 8.50. The molecule has 0 unspecified atom stereocenters. The number of benzene rings is 1. The van der Waals surface area contributed by atoms with E-state index in [0.717, 1.165) is 16.8 Å². The molecule has 3 aromatic heterocycles. The number of aromatic nitrogens is 5. The summed E-state index contributed by atoms with van der Waals surface area (Å²) in [5.74, 6) is 0.265. The standard InChI is InChI=1S/C23H24N8O2/c1-6-33-22-17(26-28-19-15(12-24)18(27-29-19)23(3,4)5)21(32)25-20-13(2)16(30-31(20)22)14-10-8-7-9-11-14/h7-11H,6H2,1-5H3,(H,25,32)(H,27,29)/b28-26+. The molecule has 1 aromatic carbocycles. The Bertz CT molecular complexity index is 1450. The number of fused-ring (bicyclic) bond motifs is 1. The molecule has 10 nitrogen and oxygen atoms in total. The van der Waals surface area contributed by atoms with Gasteiger partial charge in [0, 0.05) is 16.5 Å². The molecule has 0 bridgehead atoms. The SMILES string of the molecule is CCOc1c(/N=N/c2n[nH]c(C(C)(C)C)c2C#N)c(=O)[nH]c2c(C)c(-c3ccccc3)nn12. The van der Waals surface area contributed by atoms with E-state index in [1.54, 1.807) is 6.92 Å². The molecule has 4 aromatic rings. The van der Waals surface area contributed by atoms with Gasteiger partial charge in [0.2, 0.25) is 11.5 Å². The van der Waals surface area contributed by atoms with Crippen molar-refractivity contribution in [3.8, 4) is 23.2 Å². The number of aryl methyl sites for hydroxylation is 1. The highest BCUT2D eigenvalue weighted by molar-refractivity contribution is 5.71. The lowest BCUT2D eigenvalue weighted by molar-refractivity contribution is 0.318. The van der Waals surface area contributed by atoms with E-state index in [2.05, 4.69) is 36.6 Å². The minimum atomic E-state index is -0.484. The first-order valence-corrected chi connectivity index (χ1v) is 10.5. The van der Waals surface area contributed by atoms with E-state index in [0.29, 0.717) is 17.9 Å². The second-order valence-electron chi connectivity index (χ2n) is 8.50. The van der Waals surface area contributed by atoms with Crippen molar-refractivity contribution in [1.29, 1.82) is 5.26 Å². The van der Waals surface area contributed by atoms with Crippen LogP contribution in [0, 0.1) is 18.3 Å². The number of nitrogens with zero attached hydrogens (tertiary/aromatic N) is 6. The molecule has 0 aliphatic carbocycles. The normalized spacial score (nSPS) is 11.9. The molecule has 33 heavy (non-hydrogen) atoms. The van der Waals surface area contributed by atoms with Crippen LogP contribution in [0.4, 0.5) is 11.5 Å². The number of H-pyrrole nitrogens is 2. The Hall–Kier alpha value is -4.26. The molecule has 0 radical (unpaired) electrons. The molecule has 10 heteroatoms. The fraction of sp³-hybridized carbons (Fsp3) is 0.304. The summed E-state index contributed by atoms with van der Waals surface area (Å²) in [4.78, 5) is 15.8. The number of aromatic amines is 2. The van der Waals surface area contributed by atoms with Crippen molar-refractivity contribution in [3.05, 3.63) is 57.5 Å². The van der Waals surface area contributed by atoms with Crippen molar-refractivity contribution in [1.82, 2.24) is 24.8 Å². The van der Waals surface area contributed by atoms with Gasteiger partial charge >= 0.3 is 0 Å². The number of rotatable bonds is 5. The summed E-state index contributed by atoms with van der Waals surface area (Å²) in [6.45, 7) is 9.85. The van der Waals surface area contributed by atoms with Crippen molar-refractivity contribution in [2.24, 2.45) is 10.2 Å². The average Bonchev–Trinajstić information content (AvgIpc) is 3.35. The van der Waals surface area contributed by atoms with E-state index in [9.17, 15) is 10.1 Å². The summed E-state index contributed by atoms with van der Waals surface area (Å²) in [6.07, 6.45) is 0. The Labute approximate surface area is 190 Å². The molecular weight excluding hydrogens is 420 g/mol. The Morgan fingerprint density at radius 3 is 2.58 bits per heavy atom. The van der Waals surface area contributed by atoms with Crippen LogP contribution in [0.25, 0.3) is 16.9 Å². The van der Waals surface area contributed by atoms with E-state index in [1.165, 1.54) is 4.52 Å². The van der Waals surface area contributed by atoms with E-state index in [1.807, 2.05) is 58.0 Å². The van der Waals surface area contributed by atoms with Gasteiger partial charge in [0.05, 0.1) is 18.0 Å². The minimum absolute atomic E-state index is 0.0596. The number of hydrogen-bond donors (Lipinski definition) is 2. The summed E-state index contributed by atoms with van der Waals surface area (Å²) in [7, 11) is 0. The third kappa shape index (κ3) is 3.89. The van der Waals surface area contributed by atoms with Gasteiger partial charge in [-0.3, -0.25) is 9.89 Å². The lowest BCUT2D eigenvalue weighted by Gasteiger charge is -2.15. The second kappa shape index (κ2) is 8.35. The van der Waals surface area contributed by atoms with Crippen molar-refractivity contribution in [2.45, 2.75) is 40.0 Å². The third-order valence-electron chi connectivity index (χ3n) is 5.15. The molecule has 0 spiro atoms. The molecule has 168 valence electrons. The summed E-state index contributed by atoms with van der Waals surface area (Å²) in [6, 6.07) is 11.8. The van der Waals surface area contributed by atoms with Gasteiger partial charge in [0.15, 0.2) is 0 Å². The zero-order valence-electron chi connectivity index (χ0n) is 19.1. The van der Waals surface area contributed by atoms with Gasteiger partial charge in [-0.2, -0.15) is 20.0 Å². The fourth-order valence-electron chi connectivity index (χ4n) is 3.53. The fourth-order valence-corrected chi connectivity index (χ4v) is 3.53. The van der Waals surface area contributed by atoms with Gasteiger partial charge in [-0.1, -0.05) is 51.1 Å². The maximum Gasteiger partial charge on any atom is 0.283 e. The van der Waals surface area contributed by atoms with Crippen LogP contribution in [0.1, 0.15) is 44.5 Å². The van der Waals surface area contributed by atoms with Crippen LogP contribution >= 0.6 is 0 Å². The zero-order valence-corrected chi connectivity index (χ0v) is 19.1. The highest BCUT2D eigenvalue weighted by atomic mass is 16.5. The van der Waals surface area contributed by atoms with Crippen LogP contribution in [0.5, 0.6) is 5.88 Å². The van der Waals surface area contributed by atoms with Crippen molar-refractivity contribution in [2.75, 3.05) is 6.61 Å². The highest BCUT2D eigenvalue weighted by Crippen LogP contribution is 2.33. The van der Waals surface area contributed by atoms with Crippen molar-refractivity contribution < 1.29 is 4.74 Å². The monoisotopic (exact) mass is 444 g/mol. The quantitative estimate of drug-likeness (QED) is 0.430. The molecule has 4 rings (SSSR count). The lowest BCUT2D eigenvalue weighted by atomic mass is 9.90. The first kappa shape index (κ1) is 22.0. The van der Waals surface area contributed by atoms with Crippen molar-refractivity contribution in [3.63, 3.8) is 0 Å². The molecule has 0 atom stereocenters. The maximum atomic E-state index is 12.9. The predicted molar refractivity (Wildman–Crippen MR) is 123 cm³/mol. The molecule has 0 saturated carbocycles. The van der Waals surface area contributed by atoms with Crippen LogP contribution in [0.2, 0.25) is 0 Å². The minimum Gasteiger partial charge on any atom is -0.476 e. The lowest BCUT2D eigenvalue weighted by Crippen LogP contribution is -2.13. The Morgan fingerprint density at radius 2 is 1.94 bits per heavy atom. The Balaban J connectivity index is 1.88. The number of hydrogen-bond acceptors (Lipinski definition) is 7. The topological polar surface area (TPSA) is 137 Å². The molecular formula is C23H24N8O2. The van der Waals surface area contributed by atoms with Gasteiger partial charge in [0.25, 0.3) is 11.4 Å². The van der Waals surface area contributed by atoms with E-state index < -0.39 is 5.56 Å². The molecule has 0 aliphatic rings. The number of ether oxygens (including phenoxy) is 1. The van der Waals surface area contributed by atoms with E-state index in [4.69, 9.17) is 4.74 Å². The highest BCUT2D eigenvalue weighted by Gasteiger charge is 2.25. The molecule has 2 N–H and O–H groups in total. The van der Waals surface area contributed by atoms with E-state index >= 15 is 0 Å². The summed E-state index contributed by atoms with van der Waals surface area (Å²) >= 11 is 0. The Kier molecular flexibility index (Phi) is 5.55. The summed E-state index contributed by atoms with van der Waals surface area (Å²) in [5.41, 5.74) is 2.99. The summed E-state index contributed by atoms with van der Waals surface area (Å²) < 4.78 is 7.29. The number of nitrogens with one attached hydrogen (secondary N) is 2. The first-order chi connectivity index (χ1) is 15.8. The molecule has 0 fully saturated rings. The van der Waals surface area contributed by atoms with Crippen LogP contribution < -0.4 is 10.3 Å². The number of nitriles is 1. The average molecular weight is 444 g/mol. The number of azo groups is 1. The van der Waals surface area contributed by atoms with Crippen LogP contribution in [0.3, 0.4) is 0 Å². The van der Waals surface area contributed by atoms with Crippen LogP contribution in [0.15, 0.2) is 45.4 Å². The predicted octanol–water partition coefficient (Wildman–Crippen LogP) is 4.70. The van der Waals surface area contributed by atoms with Crippen LogP contribution in [-0.4, -0.2) is 31.4 Å². The van der Waals surface area contributed by atoms with Gasteiger partial charge in [0.1, 0.15) is 17.3 Å². The van der Waals surface area contributed by atoms with Crippen molar-refractivity contribution >= 4 is 17.2 Å². The summed E-state index contributed by atoms with van der Waals surface area (Å²) in [5, 5.41) is 29.5.